The van der Waals surface area contributed by atoms with E-state index < -0.39 is 11.6 Å². The van der Waals surface area contributed by atoms with Crippen LogP contribution in [0.1, 0.15) is 34.2 Å². The van der Waals surface area contributed by atoms with Crippen LogP contribution in [0.4, 0.5) is 8.78 Å². The third-order valence-electron chi connectivity index (χ3n) is 4.25. The second kappa shape index (κ2) is 9.07. The number of hydrogen-bond donors (Lipinski definition) is 2. The summed E-state index contributed by atoms with van der Waals surface area (Å²) in [6.45, 7) is 1.49. The van der Waals surface area contributed by atoms with Gasteiger partial charge in [0.05, 0.1) is 0 Å². The highest BCUT2D eigenvalue weighted by atomic mass is 35.5. The van der Waals surface area contributed by atoms with Crippen molar-refractivity contribution in [1.82, 2.24) is 15.8 Å². The molecule has 2 aromatic rings. The van der Waals surface area contributed by atoms with Gasteiger partial charge in [-0.1, -0.05) is 11.2 Å². The van der Waals surface area contributed by atoms with Gasteiger partial charge in [0.25, 0.3) is 5.91 Å². The number of halogens is 3. The van der Waals surface area contributed by atoms with E-state index in [1.165, 1.54) is 19.2 Å². The first kappa shape index (κ1) is 20.3. The molecule has 2 atom stereocenters. The van der Waals surface area contributed by atoms with Crippen molar-refractivity contribution >= 4 is 18.3 Å². The van der Waals surface area contributed by atoms with Gasteiger partial charge in [-0.05, 0) is 30.7 Å². The van der Waals surface area contributed by atoms with Crippen LogP contribution in [0.2, 0.25) is 0 Å². The Hall–Kier alpha value is -2.03. The number of aromatic nitrogens is 1. The third kappa shape index (κ3) is 4.57. The molecule has 9 heteroatoms. The summed E-state index contributed by atoms with van der Waals surface area (Å²) in [6, 6.07) is 5.10. The normalized spacial score (nSPS) is 19.7. The minimum Gasteiger partial charge on any atom is -0.377 e. The molecule has 1 saturated heterocycles. The van der Waals surface area contributed by atoms with E-state index in [2.05, 4.69) is 15.8 Å². The summed E-state index contributed by atoms with van der Waals surface area (Å²) in [5.41, 5.74) is 0.813. The molecule has 1 aliphatic heterocycles. The van der Waals surface area contributed by atoms with Crippen LogP contribution in [0, 0.1) is 11.6 Å². The zero-order valence-corrected chi connectivity index (χ0v) is 14.9. The van der Waals surface area contributed by atoms with Gasteiger partial charge in [0.1, 0.15) is 6.61 Å². The summed E-state index contributed by atoms with van der Waals surface area (Å²) in [5.74, 6) is -1.82. The number of ether oxygens (including phenoxy) is 1. The molecule has 0 spiro atoms. The molecule has 0 radical (unpaired) electrons. The number of amides is 1. The van der Waals surface area contributed by atoms with E-state index in [0.29, 0.717) is 24.3 Å². The molecule has 26 heavy (non-hydrogen) atoms. The van der Waals surface area contributed by atoms with Crippen molar-refractivity contribution < 1.29 is 22.8 Å². The van der Waals surface area contributed by atoms with Gasteiger partial charge < -0.3 is 19.9 Å². The van der Waals surface area contributed by atoms with Gasteiger partial charge in [0, 0.05) is 31.7 Å². The zero-order valence-electron chi connectivity index (χ0n) is 14.1. The number of benzene rings is 1. The largest absolute Gasteiger partial charge is 0.377 e. The van der Waals surface area contributed by atoms with E-state index in [4.69, 9.17) is 9.26 Å². The summed E-state index contributed by atoms with van der Waals surface area (Å²) >= 11 is 0. The van der Waals surface area contributed by atoms with Gasteiger partial charge in [-0.3, -0.25) is 4.79 Å². The highest BCUT2D eigenvalue weighted by molar-refractivity contribution is 5.92. The zero-order chi connectivity index (χ0) is 17.8. The molecule has 1 aromatic heterocycles. The van der Waals surface area contributed by atoms with E-state index in [1.54, 1.807) is 6.07 Å². The molecular formula is C17H20ClF2N3O3. The average molecular weight is 388 g/mol. The summed E-state index contributed by atoms with van der Waals surface area (Å²) in [4.78, 5) is 12.4. The number of hydrogen-bond acceptors (Lipinski definition) is 5. The summed E-state index contributed by atoms with van der Waals surface area (Å²) in [5, 5.41) is 9.82. The molecule has 0 bridgehead atoms. The molecule has 6 nitrogen and oxygen atoms in total. The van der Waals surface area contributed by atoms with Crippen LogP contribution in [0.15, 0.2) is 28.8 Å². The van der Waals surface area contributed by atoms with E-state index >= 15 is 0 Å². The van der Waals surface area contributed by atoms with Crippen LogP contribution < -0.4 is 10.6 Å². The smallest absolute Gasteiger partial charge is 0.273 e. The first-order chi connectivity index (χ1) is 12.1. The van der Waals surface area contributed by atoms with Crippen LogP contribution in [0.5, 0.6) is 0 Å². The van der Waals surface area contributed by atoms with Crippen molar-refractivity contribution in [2.24, 2.45) is 0 Å². The Bertz CT molecular complexity index is 757. The van der Waals surface area contributed by atoms with Gasteiger partial charge >= 0.3 is 0 Å². The molecule has 0 aliphatic carbocycles. The summed E-state index contributed by atoms with van der Waals surface area (Å²) in [6.07, 6.45) is 0.698. The Morgan fingerprint density at radius 3 is 2.92 bits per heavy atom. The van der Waals surface area contributed by atoms with Crippen LogP contribution in [-0.2, 0) is 11.3 Å². The second-order valence-corrected chi connectivity index (χ2v) is 5.96. The van der Waals surface area contributed by atoms with Crippen LogP contribution in [0.25, 0.3) is 0 Å². The lowest BCUT2D eigenvalue weighted by Crippen LogP contribution is -2.50. The number of carbonyl (C=O) groups excluding carboxylic acids is 1. The second-order valence-electron chi connectivity index (χ2n) is 5.96. The third-order valence-corrected chi connectivity index (χ3v) is 4.25. The number of carbonyl (C=O) groups is 1. The van der Waals surface area contributed by atoms with Gasteiger partial charge in [-0.2, -0.15) is 0 Å². The maximum atomic E-state index is 13.6. The molecule has 2 unspecified atom stereocenters. The summed E-state index contributed by atoms with van der Waals surface area (Å²) in [7, 11) is 1.52. The number of nitrogens with one attached hydrogen (secondary N) is 2. The fraction of sp³-hybridized carbons (Fsp3) is 0.412. The Labute approximate surface area is 155 Å². The van der Waals surface area contributed by atoms with Gasteiger partial charge in [0.15, 0.2) is 23.1 Å². The van der Waals surface area contributed by atoms with Gasteiger partial charge in [-0.25, -0.2) is 8.78 Å². The Morgan fingerprint density at radius 2 is 2.19 bits per heavy atom. The van der Waals surface area contributed by atoms with Crippen molar-refractivity contribution in [2.75, 3.05) is 20.2 Å². The highest BCUT2D eigenvalue weighted by Crippen LogP contribution is 2.27. The molecule has 1 fully saturated rings. The maximum absolute atomic E-state index is 13.6. The lowest BCUT2D eigenvalue weighted by molar-refractivity contribution is 0.0914. The Morgan fingerprint density at radius 1 is 1.38 bits per heavy atom. The van der Waals surface area contributed by atoms with Crippen LogP contribution in [0.3, 0.4) is 0 Å². The van der Waals surface area contributed by atoms with Crippen molar-refractivity contribution in [3.63, 3.8) is 0 Å². The predicted molar refractivity (Wildman–Crippen MR) is 92.3 cm³/mol. The Kier molecular flexibility index (Phi) is 7.07. The minimum absolute atomic E-state index is 0. The molecular weight excluding hydrogens is 368 g/mol. The number of nitrogens with zero attached hydrogens (tertiary/aromatic N) is 1. The predicted octanol–water partition coefficient (Wildman–Crippen LogP) is 2.40. The lowest BCUT2D eigenvalue weighted by Gasteiger charge is -2.33. The SMILES string of the molecule is COCc1cc(C(=O)NC2CNCCC2c2ccc(F)c(F)c2)no1.Cl. The molecule has 0 saturated carbocycles. The first-order valence-electron chi connectivity index (χ1n) is 7.99. The van der Waals surface area contributed by atoms with Crippen molar-refractivity contribution in [1.29, 1.82) is 0 Å². The first-order valence-corrected chi connectivity index (χ1v) is 7.99. The van der Waals surface area contributed by atoms with Crippen LogP contribution >= 0.6 is 12.4 Å². The Balaban J connectivity index is 0.00000243. The molecule has 1 amide bonds. The van der Waals surface area contributed by atoms with E-state index in [1.807, 2.05) is 0 Å². The number of piperidine rings is 1. The standard InChI is InChI=1S/C17H19F2N3O3.ClH/c1-24-9-11-7-15(22-25-11)17(23)21-16-8-20-5-4-12(16)10-2-3-13(18)14(19)6-10;/h2-3,6-7,12,16,20H,4-5,8-9H2,1H3,(H,21,23);1H. The van der Waals surface area contributed by atoms with E-state index in [-0.39, 0.29) is 42.6 Å². The van der Waals surface area contributed by atoms with E-state index in [9.17, 15) is 13.6 Å². The molecule has 2 N–H and O–H groups in total. The van der Waals surface area contributed by atoms with Crippen molar-refractivity contribution in [3.8, 4) is 0 Å². The molecule has 1 aliphatic rings. The lowest BCUT2D eigenvalue weighted by atomic mass is 9.86. The highest BCUT2D eigenvalue weighted by Gasteiger charge is 2.29. The molecule has 1 aromatic carbocycles. The monoisotopic (exact) mass is 387 g/mol. The van der Waals surface area contributed by atoms with Crippen molar-refractivity contribution in [2.45, 2.75) is 25.0 Å². The van der Waals surface area contributed by atoms with Crippen molar-refractivity contribution in [3.05, 3.63) is 52.9 Å². The molecule has 3 rings (SSSR count). The quantitative estimate of drug-likeness (QED) is 0.824. The van der Waals surface area contributed by atoms with Gasteiger partial charge in [0.2, 0.25) is 0 Å². The molecule has 2 heterocycles. The maximum Gasteiger partial charge on any atom is 0.273 e. The van der Waals surface area contributed by atoms with Crippen LogP contribution in [-0.4, -0.2) is 37.3 Å². The molecule has 142 valence electrons. The van der Waals surface area contributed by atoms with E-state index in [0.717, 1.165) is 12.6 Å². The number of methoxy groups -OCH3 is 1. The fourth-order valence-corrected chi connectivity index (χ4v) is 3.02. The average Bonchev–Trinajstić information content (AvgIpc) is 3.07. The van der Waals surface area contributed by atoms with Gasteiger partial charge in [-0.15, -0.1) is 12.4 Å². The summed E-state index contributed by atoms with van der Waals surface area (Å²) < 4.78 is 36.7. The topological polar surface area (TPSA) is 76.4 Å². The number of rotatable bonds is 5. The minimum atomic E-state index is -0.887. The fourth-order valence-electron chi connectivity index (χ4n) is 3.02.